The fourth-order valence-electron chi connectivity index (χ4n) is 1.55. The molecule has 1 aliphatic carbocycles. The highest BCUT2D eigenvalue weighted by Crippen LogP contribution is 2.31. The van der Waals surface area contributed by atoms with Crippen LogP contribution in [0.4, 0.5) is 4.39 Å². The molecule has 0 spiro atoms. The summed E-state index contributed by atoms with van der Waals surface area (Å²) in [5.74, 6) is 0.218. The molecule has 6 heteroatoms. The van der Waals surface area contributed by atoms with Crippen molar-refractivity contribution < 1.29 is 14.2 Å². The maximum Gasteiger partial charge on any atom is 0.165 e. The van der Waals surface area contributed by atoms with Crippen LogP contribution in [0.2, 0.25) is 0 Å². The summed E-state index contributed by atoms with van der Waals surface area (Å²) in [6.45, 7) is 0.428. The molecule has 0 aromatic heterocycles. The summed E-state index contributed by atoms with van der Waals surface area (Å²) in [7, 11) is 0. The fraction of sp³-hybridized carbons (Fsp3) is 0.500. The number of hydrogen-bond donors (Lipinski definition) is 1. The molecule has 5 nitrogen and oxygen atoms in total. The maximum atomic E-state index is 13.5. The van der Waals surface area contributed by atoms with Gasteiger partial charge < -0.3 is 9.84 Å². The molecule has 1 saturated carbocycles. The number of nitrogens with zero attached hydrogens (tertiary/aromatic N) is 3. The predicted octanol–water partition coefficient (Wildman–Crippen LogP) is 2.96. The number of aliphatic hydroxyl groups excluding tert-OH is 1. The van der Waals surface area contributed by atoms with Crippen molar-refractivity contribution in [2.75, 3.05) is 13.2 Å². The third-order valence-electron chi connectivity index (χ3n) is 2.83. The number of rotatable bonds is 6. The average molecular weight is 251 g/mol. The first kappa shape index (κ1) is 12.7. The second kappa shape index (κ2) is 5.71. The van der Waals surface area contributed by atoms with E-state index >= 15 is 0 Å². The molecule has 96 valence electrons. The third kappa shape index (κ3) is 3.35. The molecule has 1 aromatic rings. The van der Waals surface area contributed by atoms with Gasteiger partial charge in [-0.25, -0.2) is 4.39 Å². The minimum absolute atomic E-state index is 0.0792. The summed E-state index contributed by atoms with van der Waals surface area (Å²) in [6, 6.07) is 4.16. The third-order valence-corrected chi connectivity index (χ3v) is 2.83. The molecule has 0 unspecified atom stereocenters. The van der Waals surface area contributed by atoms with Gasteiger partial charge in [-0.15, -0.1) is 0 Å². The average Bonchev–Trinajstić information content (AvgIpc) is 3.19. The SMILES string of the molecule is [N-]=[N+]=NC[C@@H](O)c1ccc(F)c(OCC2CC2)c1. The standard InChI is InChI=1S/C12H14FN3O2/c13-10-4-3-9(11(17)6-15-16-14)5-12(10)18-7-8-1-2-8/h3-5,8,11,17H,1-2,6-7H2/t11-/m1/s1. The van der Waals surface area contributed by atoms with E-state index in [0.29, 0.717) is 18.1 Å². The van der Waals surface area contributed by atoms with Crippen molar-refractivity contribution in [3.63, 3.8) is 0 Å². The molecular weight excluding hydrogens is 237 g/mol. The second-order valence-corrected chi connectivity index (χ2v) is 4.37. The Morgan fingerprint density at radius 1 is 1.56 bits per heavy atom. The van der Waals surface area contributed by atoms with Crippen LogP contribution in [-0.4, -0.2) is 18.3 Å². The number of ether oxygens (including phenoxy) is 1. The predicted molar refractivity (Wildman–Crippen MR) is 63.6 cm³/mol. The van der Waals surface area contributed by atoms with Crippen LogP contribution in [0.3, 0.4) is 0 Å². The van der Waals surface area contributed by atoms with E-state index < -0.39 is 11.9 Å². The first-order chi connectivity index (χ1) is 8.70. The molecule has 0 bridgehead atoms. The minimum Gasteiger partial charge on any atom is -0.490 e. The molecule has 0 aliphatic heterocycles. The first-order valence-corrected chi connectivity index (χ1v) is 5.82. The van der Waals surface area contributed by atoms with Gasteiger partial charge in [0.05, 0.1) is 19.3 Å². The summed E-state index contributed by atoms with van der Waals surface area (Å²) in [6.07, 6.45) is 1.31. The van der Waals surface area contributed by atoms with E-state index in [1.807, 2.05) is 0 Å². The number of halogens is 1. The molecule has 0 radical (unpaired) electrons. The van der Waals surface area contributed by atoms with Gasteiger partial charge in [0.15, 0.2) is 11.6 Å². The topological polar surface area (TPSA) is 78.2 Å². The fourth-order valence-corrected chi connectivity index (χ4v) is 1.55. The lowest BCUT2D eigenvalue weighted by atomic mass is 10.1. The quantitative estimate of drug-likeness (QED) is 0.479. The minimum atomic E-state index is -0.940. The van der Waals surface area contributed by atoms with Crippen LogP contribution < -0.4 is 4.74 Å². The van der Waals surface area contributed by atoms with Gasteiger partial charge in [0.1, 0.15) is 0 Å². The lowest BCUT2D eigenvalue weighted by Gasteiger charge is -2.11. The molecule has 1 N–H and O–H groups in total. The second-order valence-electron chi connectivity index (χ2n) is 4.37. The zero-order valence-corrected chi connectivity index (χ0v) is 9.79. The van der Waals surface area contributed by atoms with Gasteiger partial charge in [0, 0.05) is 4.91 Å². The molecule has 1 fully saturated rings. The van der Waals surface area contributed by atoms with Crippen LogP contribution in [-0.2, 0) is 0 Å². The van der Waals surface area contributed by atoms with Crippen LogP contribution in [0, 0.1) is 11.7 Å². The molecule has 0 amide bonds. The number of benzene rings is 1. The molecular formula is C12H14FN3O2. The number of aliphatic hydroxyl groups is 1. The lowest BCUT2D eigenvalue weighted by molar-refractivity contribution is 0.185. The van der Waals surface area contributed by atoms with Crippen molar-refractivity contribution in [3.8, 4) is 5.75 Å². The Hall–Kier alpha value is -1.78. The zero-order valence-electron chi connectivity index (χ0n) is 9.79. The summed E-state index contributed by atoms with van der Waals surface area (Å²) in [4.78, 5) is 2.57. The van der Waals surface area contributed by atoms with Crippen LogP contribution >= 0.6 is 0 Å². The molecule has 0 heterocycles. The Kier molecular flexibility index (Phi) is 4.02. The molecule has 18 heavy (non-hydrogen) atoms. The monoisotopic (exact) mass is 251 g/mol. The summed E-state index contributed by atoms with van der Waals surface area (Å²) in [5, 5.41) is 13.0. The van der Waals surface area contributed by atoms with Crippen molar-refractivity contribution >= 4 is 0 Å². The Bertz CT molecular complexity index is 470. The van der Waals surface area contributed by atoms with Crippen molar-refractivity contribution in [2.45, 2.75) is 18.9 Å². The molecule has 0 saturated heterocycles. The van der Waals surface area contributed by atoms with Gasteiger partial charge >= 0.3 is 0 Å². The van der Waals surface area contributed by atoms with Crippen LogP contribution in [0.15, 0.2) is 23.3 Å². The van der Waals surface area contributed by atoms with Gasteiger partial charge in [0.2, 0.25) is 0 Å². The largest absolute Gasteiger partial charge is 0.490 e. The number of hydrogen-bond acceptors (Lipinski definition) is 3. The highest BCUT2D eigenvalue weighted by molar-refractivity contribution is 5.31. The Morgan fingerprint density at radius 2 is 2.33 bits per heavy atom. The summed E-state index contributed by atoms with van der Waals surface area (Å²) >= 11 is 0. The van der Waals surface area contributed by atoms with Gasteiger partial charge in [-0.05, 0) is 42.0 Å². The molecule has 1 atom stereocenters. The Labute approximate surface area is 104 Å². The molecule has 1 aromatic carbocycles. The van der Waals surface area contributed by atoms with Crippen LogP contribution in [0.25, 0.3) is 10.4 Å². The van der Waals surface area contributed by atoms with E-state index in [-0.39, 0.29) is 12.3 Å². The van der Waals surface area contributed by atoms with E-state index in [4.69, 9.17) is 10.3 Å². The van der Waals surface area contributed by atoms with E-state index in [0.717, 1.165) is 12.8 Å². The first-order valence-electron chi connectivity index (χ1n) is 5.82. The highest BCUT2D eigenvalue weighted by atomic mass is 19.1. The van der Waals surface area contributed by atoms with Crippen molar-refractivity contribution in [3.05, 3.63) is 40.0 Å². The van der Waals surface area contributed by atoms with Gasteiger partial charge in [-0.1, -0.05) is 11.2 Å². The van der Waals surface area contributed by atoms with E-state index in [9.17, 15) is 9.50 Å². The molecule has 1 aliphatic rings. The van der Waals surface area contributed by atoms with Gasteiger partial charge in [-0.3, -0.25) is 0 Å². The normalized spacial score (nSPS) is 15.9. The van der Waals surface area contributed by atoms with Crippen molar-refractivity contribution in [2.24, 2.45) is 11.0 Å². The summed E-state index contributed by atoms with van der Waals surface area (Å²) < 4.78 is 18.8. The van der Waals surface area contributed by atoms with Gasteiger partial charge in [0.25, 0.3) is 0 Å². The smallest absolute Gasteiger partial charge is 0.165 e. The number of azide groups is 1. The highest BCUT2D eigenvalue weighted by Gasteiger charge is 2.22. The molecule has 2 rings (SSSR count). The van der Waals surface area contributed by atoms with Crippen molar-refractivity contribution in [1.29, 1.82) is 0 Å². The Balaban J connectivity index is 2.05. The Morgan fingerprint density at radius 3 is 3.00 bits per heavy atom. The van der Waals surface area contributed by atoms with Crippen LogP contribution in [0.5, 0.6) is 5.75 Å². The maximum absolute atomic E-state index is 13.5. The van der Waals surface area contributed by atoms with E-state index in [1.165, 1.54) is 18.2 Å². The van der Waals surface area contributed by atoms with Crippen LogP contribution in [0.1, 0.15) is 24.5 Å². The van der Waals surface area contributed by atoms with Crippen molar-refractivity contribution in [1.82, 2.24) is 0 Å². The lowest BCUT2D eigenvalue weighted by Crippen LogP contribution is -2.05. The van der Waals surface area contributed by atoms with E-state index in [2.05, 4.69) is 10.0 Å². The zero-order chi connectivity index (χ0) is 13.0. The summed E-state index contributed by atoms with van der Waals surface area (Å²) in [5.41, 5.74) is 8.66. The van der Waals surface area contributed by atoms with E-state index in [1.54, 1.807) is 0 Å². The van der Waals surface area contributed by atoms with Gasteiger partial charge in [-0.2, -0.15) is 0 Å².